The van der Waals surface area contributed by atoms with Crippen LogP contribution >= 0.6 is 0 Å². The Hall–Kier alpha value is -3.02. The number of ether oxygens (including phenoxy) is 1. The molecule has 11 nitrogen and oxygen atoms in total. The van der Waals surface area contributed by atoms with E-state index in [2.05, 4.69) is 37.1 Å². The van der Waals surface area contributed by atoms with Crippen molar-refractivity contribution in [2.24, 2.45) is 16.5 Å². The number of nitrogens with two attached hydrogens (primary N) is 2. The number of amides is 2. The number of primary amides is 2. The summed E-state index contributed by atoms with van der Waals surface area (Å²) in [6.07, 6.45) is 0.934. The van der Waals surface area contributed by atoms with Crippen molar-refractivity contribution in [3.05, 3.63) is 24.0 Å². The van der Waals surface area contributed by atoms with Crippen LogP contribution in [0.15, 0.2) is 23.2 Å². The third-order valence-electron chi connectivity index (χ3n) is 5.83. The molecule has 2 amide bonds. The lowest BCUT2D eigenvalue weighted by atomic mass is 9.91. The molecule has 0 aliphatic carbocycles. The van der Waals surface area contributed by atoms with Gasteiger partial charge in [-0.3, -0.25) is 19.9 Å². The van der Waals surface area contributed by atoms with Gasteiger partial charge in [-0.1, -0.05) is 0 Å². The maximum Gasteiger partial charge on any atom is 0.265 e. The number of nitrogens with zero attached hydrogens (tertiary/aromatic N) is 4. The van der Waals surface area contributed by atoms with E-state index in [9.17, 15) is 9.59 Å². The number of benzene rings is 1. The number of aliphatic imine (C=N–C) groups is 1. The summed E-state index contributed by atoms with van der Waals surface area (Å²) < 4.78 is 5.90. The van der Waals surface area contributed by atoms with E-state index in [-0.39, 0.29) is 18.2 Å². The van der Waals surface area contributed by atoms with Gasteiger partial charge in [0.15, 0.2) is 0 Å². The molecule has 166 valence electrons. The van der Waals surface area contributed by atoms with E-state index in [0.717, 1.165) is 39.1 Å². The van der Waals surface area contributed by atoms with Gasteiger partial charge in [0.25, 0.3) is 11.8 Å². The topological polar surface area (TPSA) is 155 Å². The van der Waals surface area contributed by atoms with Gasteiger partial charge in [-0.2, -0.15) is 0 Å². The van der Waals surface area contributed by atoms with Gasteiger partial charge in [0.2, 0.25) is 5.54 Å². The molecule has 2 aliphatic heterocycles. The predicted molar refractivity (Wildman–Crippen MR) is 116 cm³/mol. The molecule has 0 saturated carbocycles. The molecule has 31 heavy (non-hydrogen) atoms. The number of H-pyrrole nitrogens is 1. The van der Waals surface area contributed by atoms with Crippen molar-refractivity contribution in [1.82, 2.24) is 25.1 Å². The van der Waals surface area contributed by atoms with Gasteiger partial charge in [0, 0.05) is 38.8 Å². The van der Waals surface area contributed by atoms with Gasteiger partial charge in [0.05, 0.1) is 24.3 Å². The standard InChI is InChI=1S/C20H28N8O3/c1-27-6-8-28(9-7-27)5-2-10-31-13-3-4-14-15(11-13)26-19(25-14)20(18(22)30)16(17(21)29)23-12-24-20/h3-4,11,24H,2,5-10,12H2,1H3,(H2,21,29)(H2,22,30)(H,25,26). The largest absolute Gasteiger partial charge is 0.493 e. The molecule has 4 rings (SSSR count). The van der Waals surface area contributed by atoms with Gasteiger partial charge >= 0.3 is 0 Å². The van der Waals surface area contributed by atoms with Crippen LogP contribution in [0.4, 0.5) is 0 Å². The number of likely N-dealkylation sites (N-methyl/N-ethyl adjacent to an activating group) is 1. The minimum atomic E-state index is -1.67. The quantitative estimate of drug-likeness (QED) is 0.383. The van der Waals surface area contributed by atoms with Crippen LogP contribution in [0, 0.1) is 0 Å². The van der Waals surface area contributed by atoms with Gasteiger partial charge in [-0.25, -0.2) is 4.98 Å². The summed E-state index contributed by atoms with van der Waals surface area (Å²) in [6, 6.07) is 5.42. The van der Waals surface area contributed by atoms with Crippen molar-refractivity contribution in [2.75, 3.05) is 53.0 Å². The molecule has 3 heterocycles. The Labute approximate surface area is 179 Å². The van der Waals surface area contributed by atoms with Crippen LogP contribution in [0.3, 0.4) is 0 Å². The summed E-state index contributed by atoms with van der Waals surface area (Å²) in [5.41, 5.74) is 10.5. The van der Waals surface area contributed by atoms with E-state index in [0.29, 0.717) is 23.4 Å². The fourth-order valence-corrected chi connectivity index (χ4v) is 4.02. The number of aromatic amines is 1. The number of piperazine rings is 1. The molecule has 2 aliphatic rings. The first kappa shape index (κ1) is 21.2. The van der Waals surface area contributed by atoms with Crippen LogP contribution in [-0.4, -0.2) is 90.3 Å². The normalized spacial score (nSPS) is 22.5. The minimum absolute atomic E-state index is 0.0416. The lowest BCUT2D eigenvalue weighted by molar-refractivity contribution is -0.123. The summed E-state index contributed by atoms with van der Waals surface area (Å²) in [5.74, 6) is -0.759. The van der Waals surface area contributed by atoms with E-state index < -0.39 is 17.4 Å². The first-order chi connectivity index (χ1) is 14.9. The highest BCUT2D eigenvalue weighted by molar-refractivity contribution is 6.46. The molecule has 2 aromatic rings. The first-order valence-corrected chi connectivity index (χ1v) is 10.3. The van der Waals surface area contributed by atoms with Gasteiger partial charge < -0.3 is 31.0 Å². The van der Waals surface area contributed by atoms with Crippen LogP contribution in [0.5, 0.6) is 5.75 Å². The molecule has 1 saturated heterocycles. The van der Waals surface area contributed by atoms with Crippen molar-refractivity contribution in [3.63, 3.8) is 0 Å². The number of aromatic nitrogens is 2. The number of hydrogen-bond donors (Lipinski definition) is 4. The van der Waals surface area contributed by atoms with E-state index in [4.69, 9.17) is 16.2 Å². The van der Waals surface area contributed by atoms with Crippen molar-refractivity contribution < 1.29 is 14.3 Å². The third kappa shape index (κ3) is 4.11. The van der Waals surface area contributed by atoms with E-state index in [1.54, 1.807) is 6.07 Å². The first-order valence-electron chi connectivity index (χ1n) is 10.3. The smallest absolute Gasteiger partial charge is 0.265 e. The number of fused-ring (bicyclic) bond motifs is 1. The average molecular weight is 428 g/mol. The highest BCUT2D eigenvalue weighted by Crippen LogP contribution is 2.28. The van der Waals surface area contributed by atoms with Crippen molar-refractivity contribution in [2.45, 2.75) is 12.0 Å². The van der Waals surface area contributed by atoms with Gasteiger partial charge in [-0.05, 0) is 25.6 Å². The van der Waals surface area contributed by atoms with E-state index in [1.165, 1.54) is 0 Å². The molecule has 1 aromatic heterocycles. The molecule has 1 aromatic carbocycles. The van der Waals surface area contributed by atoms with Crippen LogP contribution < -0.4 is 21.5 Å². The zero-order chi connectivity index (χ0) is 22.0. The summed E-state index contributed by atoms with van der Waals surface area (Å²) in [7, 11) is 2.15. The van der Waals surface area contributed by atoms with Crippen LogP contribution in [0.2, 0.25) is 0 Å². The number of carbonyl (C=O) groups excluding carboxylic acids is 2. The molecule has 1 unspecified atom stereocenters. The molecule has 0 radical (unpaired) electrons. The Balaban J connectivity index is 1.44. The Morgan fingerprint density at radius 2 is 2.00 bits per heavy atom. The van der Waals surface area contributed by atoms with Gasteiger partial charge in [-0.15, -0.1) is 0 Å². The number of carbonyl (C=O) groups is 2. The van der Waals surface area contributed by atoms with E-state index >= 15 is 0 Å². The second-order valence-electron chi connectivity index (χ2n) is 7.93. The zero-order valence-electron chi connectivity index (χ0n) is 17.6. The summed E-state index contributed by atoms with van der Waals surface area (Å²) >= 11 is 0. The maximum atomic E-state index is 12.3. The predicted octanol–water partition coefficient (Wildman–Crippen LogP) is -1.25. The molecule has 6 N–H and O–H groups in total. The summed E-state index contributed by atoms with van der Waals surface area (Å²) in [4.78, 5) is 40.4. The van der Waals surface area contributed by atoms with Crippen molar-refractivity contribution in [3.8, 4) is 5.75 Å². The fourth-order valence-electron chi connectivity index (χ4n) is 4.02. The monoisotopic (exact) mass is 428 g/mol. The average Bonchev–Trinajstić information content (AvgIpc) is 3.37. The molecular weight excluding hydrogens is 400 g/mol. The molecule has 0 bridgehead atoms. The number of hydrogen-bond acceptors (Lipinski definition) is 8. The lowest BCUT2D eigenvalue weighted by Crippen LogP contribution is -2.58. The number of nitrogens with one attached hydrogen (secondary N) is 2. The summed E-state index contributed by atoms with van der Waals surface area (Å²) in [6.45, 7) is 6.03. The second-order valence-corrected chi connectivity index (χ2v) is 7.93. The van der Waals surface area contributed by atoms with Crippen LogP contribution in [0.1, 0.15) is 12.2 Å². The Morgan fingerprint density at radius 1 is 1.23 bits per heavy atom. The van der Waals surface area contributed by atoms with E-state index in [1.807, 2.05) is 12.1 Å². The SMILES string of the molecule is CN1CCN(CCCOc2ccc3nc(C4(C(N)=O)NCN=C4C(N)=O)[nH]c3c2)CC1. The van der Waals surface area contributed by atoms with Gasteiger partial charge in [0.1, 0.15) is 17.3 Å². The zero-order valence-corrected chi connectivity index (χ0v) is 17.6. The molecular formula is C20H28N8O3. The van der Waals surface area contributed by atoms with Crippen LogP contribution in [0.25, 0.3) is 11.0 Å². The summed E-state index contributed by atoms with van der Waals surface area (Å²) in [5, 5.41) is 2.86. The van der Waals surface area contributed by atoms with Crippen molar-refractivity contribution >= 4 is 28.6 Å². The lowest BCUT2D eigenvalue weighted by Gasteiger charge is -2.32. The molecule has 1 atom stereocenters. The Bertz CT molecular complexity index is 1010. The second kappa shape index (κ2) is 8.61. The number of rotatable bonds is 8. The molecule has 11 heteroatoms. The number of imidazole rings is 1. The highest BCUT2D eigenvalue weighted by atomic mass is 16.5. The fraction of sp³-hybridized carbons (Fsp3) is 0.500. The van der Waals surface area contributed by atoms with Crippen molar-refractivity contribution in [1.29, 1.82) is 0 Å². The maximum absolute atomic E-state index is 12.3. The molecule has 0 spiro atoms. The van der Waals surface area contributed by atoms with Crippen LogP contribution in [-0.2, 0) is 15.1 Å². The third-order valence-corrected chi connectivity index (χ3v) is 5.83. The Morgan fingerprint density at radius 3 is 2.71 bits per heavy atom. The Kier molecular flexibility index (Phi) is 5.90. The minimum Gasteiger partial charge on any atom is -0.493 e. The molecule has 1 fully saturated rings. The highest BCUT2D eigenvalue weighted by Gasteiger charge is 2.51.